The third kappa shape index (κ3) is 5.07. The molecule has 0 spiro atoms. The van der Waals surface area contributed by atoms with Gasteiger partial charge in [0.15, 0.2) is 0 Å². The van der Waals surface area contributed by atoms with E-state index in [1.54, 1.807) is 0 Å². The minimum atomic E-state index is 0. The molecule has 1 atom stereocenters. The van der Waals surface area contributed by atoms with E-state index in [9.17, 15) is 0 Å². The molecule has 0 amide bonds. The van der Waals surface area contributed by atoms with Gasteiger partial charge in [0, 0.05) is 48.0 Å². The van der Waals surface area contributed by atoms with Crippen LogP contribution < -0.4 is 4.90 Å². The second-order valence-corrected chi connectivity index (χ2v) is 8.22. The maximum absolute atomic E-state index is 6.39. The standard InChI is InChI=1S/C25H24ClN3.2ClH/c26-21-11-12-24-23(15-21)25(20-9-5-2-6-10-20)27-16-22-18-28(13-14-29(22)24)17-19-7-3-1-4-8-19;;/h1-12,15,22H,13-14,16-18H2;2*1H. The van der Waals surface area contributed by atoms with E-state index in [0.29, 0.717) is 6.04 Å². The van der Waals surface area contributed by atoms with Crippen LogP contribution in [0.15, 0.2) is 83.9 Å². The van der Waals surface area contributed by atoms with Crippen molar-refractivity contribution >= 4 is 47.8 Å². The minimum absolute atomic E-state index is 0. The van der Waals surface area contributed by atoms with Gasteiger partial charge in [0.25, 0.3) is 0 Å². The van der Waals surface area contributed by atoms with Crippen molar-refractivity contribution in [2.45, 2.75) is 12.6 Å². The summed E-state index contributed by atoms with van der Waals surface area (Å²) >= 11 is 6.39. The molecule has 3 nitrogen and oxygen atoms in total. The summed E-state index contributed by atoms with van der Waals surface area (Å²) in [6.07, 6.45) is 0. The molecule has 1 saturated heterocycles. The molecular formula is C25H26Cl3N3. The molecule has 3 aromatic rings. The van der Waals surface area contributed by atoms with Gasteiger partial charge in [0.05, 0.1) is 18.3 Å². The predicted octanol–water partition coefficient (Wildman–Crippen LogP) is 5.73. The maximum atomic E-state index is 6.39. The summed E-state index contributed by atoms with van der Waals surface area (Å²) in [6, 6.07) is 27.8. The number of anilines is 1. The van der Waals surface area contributed by atoms with Gasteiger partial charge >= 0.3 is 0 Å². The summed E-state index contributed by atoms with van der Waals surface area (Å²) in [5.41, 5.74) is 5.96. The highest BCUT2D eigenvalue weighted by Crippen LogP contribution is 2.32. The van der Waals surface area contributed by atoms with E-state index in [1.165, 1.54) is 11.3 Å². The molecule has 0 aromatic heterocycles. The van der Waals surface area contributed by atoms with E-state index in [4.69, 9.17) is 16.6 Å². The van der Waals surface area contributed by atoms with E-state index in [0.717, 1.165) is 54.6 Å². The van der Waals surface area contributed by atoms with Crippen molar-refractivity contribution in [1.29, 1.82) is 0 Å². The minimum Gasteiger partial charge on any atom is -0.364 e. The van der Waals surface area contributed by atoms with Gasteiger partial charge in [-0.05, 0) is 23.8 Å². The molecule has 2 heterocycles. The molecule has 1 unspecified atom stereocenters. The highest BCUT2D eigenvalue weighted by Gasteiger charge is 2.31. The summed E-state index contributed by atoms with van der Waals surface area (Å²) in [5.74, 6) is 0. The van der Waals surface area contributed by atoms with Crippen LogP contribution in [-0.2, 0) is 6.54 Å². The quantitative estimate of drug-likeness (QED) is 0.483. The number of rotatable bonds is 3. The second-order valence-electron chi connectivity index (χ2n) is 7.78. The molecule has 0 N–H and O–H groups in total. The Kier molecular flexibility index (Phi) is 8.01. The van der Waals surface area contributed by atoms with Gasteiger partial charge in [-0.2, -0.15) is 0 Å². The third-order valence-corrected chi connectivity index (χ3v) is 6.08. The van der Waals surface area contributed by atoms with Crippen molar-refractivity contribution in [2.24, 2.45) is 4.99 Å². The summed E-state index contributed by atoms with van der Waals surface area (Å²) in [6.45, 7) is 4.86. The summed E-state index contributed by atoms with van der Waals surface area (Å²) in [7, 11) is 0. The van der Waals surface area contributed by atoms with Crippen LogP contribution in [-0.4, -0.2) is 42.8 Å². The van der Waals surface area contributed by atoms with Crippen molar-refractivity contribution in [3.8, 4) is 0 Å². The number of aliphatic imine (C=N–C) groups is 1. The van der Waals surface area contributed by atoms with Gasteiger partial charge in [-0.25, -0.2) is 0 Å². The number of fused-ring (bicyclic) bond motifs is 3. The molecule has 0 aliphatic carbocycles. The predicted molar refractivity (Wildman–Crippen MR) is 136 cm³/mol. The van der Waals surface area contributed by atoms with Crippen LogP contribution >= 0.6 is 36.4 Å². The van der Waals surface area contributed by atoms with Gasteiger partial charge in [0.2, 0.25) is 0 Å². The Bertz CT molecular complexity index is 1020. The lowest BCUT2D eigenvalue weighted by Crippen LogP contribution is -2.54. The van der Waals surface area contributed by atoms with E-state index < -0.39 is 0 Å². The van der Waals surface area contributed by atoms with Crippen LogP contribution in [0.2, 0.25) is 5.02 Å². The summed E-state index contributed by atoms with van der Waals surface area (Å²) < 4.78 is 0. The molecule has 1 fully saturated rings. The van der Waals surface area contributed by atoms with E-state index in [2.05, 4.69) is 76.5 Å². The summed E-state index contributed by atoms with van der Waals surface area (Å²) in [5, 5.41) is 0.758. The van der Waals surface area contributed by atoms with Crippen LogP contribution in [0.25, 0.3) is 0 Å². The zero-order valence-corrected chi connectivity index (χ0v) is 19.5. The van der Waals surface area contributed by atoms with Gasteiger partial charge in [0.1, 0.15) is 0 Å². The Balaban J connectivity index is 0.00000136. The molecule has 0 saturated carbocycles. The van der Waals surface area contributed by atoms with Crippen LogP contribution in [0, 0.1) is 0 Å². The molecular weight excluding hydrogens is 449 g/mol. The molecule has 3 aromatic carbocycles. The smallest absolute Gasteiger partial charge is 0.0741 e. The Morgan fingerprint density at radius 3 is 2.32 bits per heavy atom. The normalized spacial score (nSPS) is 17.9. The zero-order valence-electron chi connectivity index (χ0n) is 17.2. The second kappa shape index (κ2) is 10.5. The Labute approximate surface area is 201 Å². The first-order valence-corrected chi connectivity index (χ1v) is 10.6. The lowest BCUT2D eigenvalue weighted by molar-refractivity contribution is 0.217. The monoisotopic (exact) mass is 473 g/mol. The van der Waals surface area contributed by atoms with E-state index in [1.807, 2.05) is 12.1 Å². The van der Waals surface area contributed by atoms with Crippen molar-refractivity contribution in [3.05, 3.63) is 101 Å². The fourth-order valence-electron chi connectivity index (χ4n) is 4.45. The molecule has 31 heavy (non-hydrogen) atoms. The summed E-state index contributed by atoms with van der Waals surface area (Å²) in [4.78, 5) is 10.2. The third-order valence-electron chi connectivity index (χ3n) is 5.85. The average Bonchev–Trinajstić information content (AvgIpc) is 2.91. The lowest BCUT2D eigenvalue weighted by Gasteiger charge is -2.42. The van der Waals surface area contributed by atoms with Gasteiger partial charge in [-0.3, -0.25) is 9.89 Å². The van der Waals surface area contributed by atoms with Gasteiger partial charge in [-0.1, -0.05) is 72.3 Å². The number of piperazine rings is 1. The Morgan fingerprint density at radius 2 is 1.58 bits per heavy atom. The Hall–Kier alpha value is -2.04. The van der Waals surface area contributed by atoms with Crippen LogP contribution in [0.4, 0.5) is 5.69 Å². The molecule has 162 valence electrons. The fraction of sp³-hybridized carbons (Fsp3) is 0.240. The first kappa shape index (κ1) is 23.6. The first-order valence-electron chi connectivity index (χ1n) is 10.2. The number of hydrogen-bond acceptors (Lipinski definition) is 3. The van der Waals surface area contributed by atoms with Crippen LogP contribution in [0.3, 0.4) is 0 Å². The topological polar surface area (TPSA) is 18.8 Å². The number of hydrogen-bond donors (Lipinski definition) is 0. The van der Waals surface area contributed by atoms with Gasteiger partial charge in [-0.15, -0.1) is 24.8 Å². The van der Waals surface area contributed by atoms with Crippen molar-refractivity contribution in [1.82, 2.24) is 4.90 Å². The maximum Gasteiger partial charge on any atom is 0.0741 e. The van der Waals surface area contributed by atoms with Crippen LogP contribution in [0.5, 0.6) is 0 Å². The van der Waals surface area contributed by atoms with Crippen molar-refractivity contribution in [2.75, 3.05) is 31.1 Å². The number of halogens is 3. The average molecular weight is 475 g/mol. The number of benzene rings is 3. The molecule has 0 bridgehead atoms. The molecule has 0 radical (unpaired) electrons. The highest BCUT2D eigenvalue weighted by molar-refractivity contribution is 6.31. The zero-order chi connectivity index (χ0) is 19.6. The number of nitrogens with zero attached hydrogens (tertiary/aromatic N) is 3. The first-order chi connectivity index (χ1) is 14.3. The van der Waals surface area contributed by atoms with E-state index >= 15 is 0 Å². The van der Waals surface area contributed by atoms with Gasteiger partial charge < -0.3 is 4.90 Å². The lowest BCUT2D eigenvalue weighted by atomic mass is 9.99. The molecule has 2 aliphatic heterocycles. The van der Waals surface area contributed by atoms with Crippen LogP contribution in [0.1, 0.15) is 16.7 Å². The fourth-order valence-corrected chi connectivity index (χ4v) is 4.62. The molecule has 2 aliphatic rings. The molecule has 6 heteroatoms. The van der Waals surface area contributed by atoms with Crippen molar-refractivity contribution in [3.63, 3.8) is 0 Å². The highest BCUT2D eigenvalue weighted by atomic mass is 35.5. The largest absolute Gasteiger partial charge is 0.364 e. The molecule has 5 rings (SSSR count). The SMILES string of the molecule is Cl.Cl.Clc1ccc2c(c1)C(c1ccccc1)=NCC1CN(Cc3ccccc3)CCN21. The Morgan fingerprint density at radius 1 is 0.871 bits per heavy atom. The van der Waals surface area contributed by atoms with Crippen molar-refractivity contribution < 1.29 is 0 Å². The van der Waals surface area contributed by atoms with E-state index in [-0.39, 0.29) is 24.8 Å².